The first-order valence-corrected chi connectivity index (χ1v) is 7.64. The highest BCUT2D eigenvalue weighted by Crippen LogP contribution is 2.34. The average Bonchev–Trinajstić information content (AvgIpc) is 2.84. The van der Waals surface area contributed by atoms with E-state index >= 15 is 0 Å². The number of carbonyl (C=O) groups is 2. The zero-order chi connectivity index (χ0) is 17.3. The van der Waals surface area contributed by atoms with Crippen molar-refractivity contribution in [3.63, 3.8) is 0 Å². The summed E-state index contributed by atoms with van der Waals surface area (Å²) in [5.41, 5.74) is -1.39. The van der Waals surface area contributed by atoms with Crippen LogP contribution in [0.3, 0.4) is 0 Å². The highest BCUT2D eigenvalue weighted by molar-refractivity contribution is 5.84. The first-order valence-electron chi connectivity index (χ1n) is 7.64. The van der Waals surface area contributed by atoms with Gasteiger partial charge in [0.25, 0.3) is 5.72 Å². The molecule has 1 heterocycles. The third-order valence-corrected chi connectivity index (χ3v) is 3.59. The van der Waals surface area contributed by atoms with E-state index in [1.165, 1.54) is 4.90 Å². The van der Waals surface area contributed by atoms with Crippen LogP contribution in [0.5, 0.6) is 5.75 Å². The molecule has 0 radical (unpaired) electrons. The smallest absolute Gasteiger partial charge is 0.413 e. The zero-order valence-corrected chi connectivity index (χ0v) is 14.0. The third-order valence-electron chi connectivity index (χ3n) is 3.59. The fourth-order valence-electron chi connectivity index (χ4n) is 2.52. The number of ether oxygens (including phenoxy) is 2. The van der Waals surface area contributed by atoms with Crippen molar-refractivity contribution in [3.05, 3.63) is 29.8 Å². The van der Waals surface area contributed by atoms with Gasteiger partial charge in [-0.25, -0.2) is 9.59 Å². The summed E-state index contributed by atoms with van der Waals surface area (Å²) in [4.78, 5) is 25.5. The van der Waals surface area contributed by atoms with Crippen LogP contribution in [-0.4, -0.2) is 39.9 Å². The minimum atomic E-state index is -1.72. The van der Waals surface area contributed by atoms with Crippen LogP contribution < -0.4 is 4.74 Å². The molecule has 1 amide bonds. The predicted molar refractivity (Wildman–Crippen MR) is 84.3 cm³/mol. The van der Waals surface area contributed by atoms with Crippen molar-refractivity contribution in [1.82, 2.24) is 4.90 Å². The molecule has 2 rings (SSSR count). The first-order chi connectivity index (χ1) is 10.6. The Labute approximate surface area is 136 Å². The minimum absolute atomic E-state index is 0.218. The zero-order valence-electron chi connectivity index (χ0n) is 14.0. The Morgan fingerprint density at radius 3 is 2.35 bits per heavy atom. The van der Waals surface area contributed by atoms with Gasteiger partial charge in [-0.05, 0) is 46.2 Å². The monoisotopic (exact) mass is 321 g/mol. The lowest BCUT2D eigenvalue weighted by molar-refractivity contribution is -0.169. The number of likely N-dealkylation sites (tertiary alicyclic amines) is 1. The van der Waals surface area contributed by atoms with Gasteiger partial charge in [0.15, 0.2) is 0 Å². The number of hydrogen-bond donors (Lipinski definition) is 1. The number of aryl methyl sites for hydroxylation is 1. The maximum absolute atomic E-state index is 12.4. The number of amides is 1. The molecule has 1 aromatic rings. The van der Waals surface area contributed by atoms with Crippen molar-refractivity contribution in [3.8, 4) is 5.75 Å². The molecule has 0 bridgehead atoms. The Hall–Kier alpha value is -2.24. The van der Waals surface area contributed by atoms with Crippen molar-refractivity contribution < 1.29 is 24.2 Å². The standard InChI is InChI=1S/C17H23NO5/c1-12-6-8-13(9-7-12)22-17(14(19)20)10-5-11-18(17)15(21)23-16(2,3)4/h6-9H,5,10-11H2,1-4H3,(H,19,20)/t17-/m1/s1. The van der Waals surface area contributed by atoms with Crippen molar-refractivity contribution in [1.29, 1.82) is 0 Å². The Morgan fingerprint density at radius 1 is 1.22 bits per heavy atom. The fourth-order valence-corrected chi connectivity index (χ4v) is 2.52. The molecule has 1 fully saturated rings. The number of benzene rings is 1. The lowest BCUT2D eigenvalue weighted by atomic mass is 10.1. The van der Waals surface area contributed by atoms with Gasteiger partial charge in [-0.1, -0.05) is 17.7 Å². The number of carboxylic acids is 1. The highest BCUT2D eigenvalue weighted by atomic mass is 16.6. The normalized spacial score (nSPS) is 21.1. The van der Waals surface area contributed by atoms with Crippen LogP contribution >= 0.6 is 0 Å². The molecule has 0 aromatic heterocycles. The van der Waals surface area contributed by atoms with Gasteiger partial charge in [0.2, 0.25) is 0 Å². The Morgan fingerprint density at radius 2 is 1.83 bits per heavy atom. The molecule has 1 atom stereocenters. The summed E-state index contributed by atoms with van der Waals surface area (Å²) in [5, 5.41) is 9.72. The lowest BCUT2D eigenvalue weighted by Crippen LogP contribution is -2.58. The van der Waals surface area contributed by atoms with Crippen molar-refractivity contribution >= 4 is 12.1 Å². The summed E-state index contributed by atoms with van der Waals surface area (Å²) in [6, 6.07) is 7.06. The van der Waals surface area contributed by atoms with Crippen LogP contribution in [0, 0.1) is 6.92 Å². The summed E-state index contributed by atoms with van der Waals surface area (Å²) in [5.74, 6) is -0.783. The molecule has 1 saturated heterocycles. The van der Waals surface area contributed by atoms with E-state index in [1.807, 2.05) is 19.1 Å². The topological polar surface area (TPSA) is 76.1 Å². The SMILES string of the molecule is Cc1ccc(O[C@@]2(C(=O)O)CCCN2C(=O)OC(C)(C)C)cc1. The van der Waals surface area contributed by atoms with Crippen LogP contribution in [0.25, 0.3) is 0 Å². The van der Waals surface area contributed by atoms with Gasteiger partial charge in [-0.15, -0.1) is 0 Å². The Balaban J connectivity index is 2.29. The maximum Gasteiger partial charge on any atom is 0.413 e. The van der Waals surface area contributed by atoms with Crippen LogP contribution in [0.1, 0.15) is 39.2 Å². The molecule has 0 unspecified atom stereocenters. The molecule has 6 nitrogen and oxygen atoms in total. The number of aliphatic carboxylic acids is 1. The van der Waals surface area contributed by atoms with Gasteiger partial charge in [0.05, 0.1) is 0 Å². The van der Waals surface area contributed by atoms with Gasteiger partial charge in [-0.3, -0.25) is 4.90 Å². The largest absolute Gasteiger partial charge is 0.477 e. The van der Waals surface area contributed by atoms with E-state index in [9.17, 15) is 14.7 Å². The second-order valence-electron chi connectivity index (χ2n) is 6.74. The number of nitrogens with zero attached hydrogens (tertiary/aromatic N) is 1. The number of hydrogen-bond acceptors (Lipinski definition) is 4. The third kappa shape index (κ3) is 3.75. The number of carboxylic acid groups (broad SMARTS) is 1. The fraction of sp³-hybridized carbons (Fsp3) is 0.529. The van der Waals surface area contributed by atoms with Gasteiger partial charge in [0.1, 0.15) is 11.4 Å². The maximum atomic E-state index is 12.4. The van der Waals surface area contributed by atoms with Gasteiger partial charge < -0.3 is 14.6 Å². The van der Waals surface area contributed by atoms with E-state index in [-0.39, 0.29) is 13.0 Å². The predicted octanol–water partition coefficient (Wildman–Crippen LogP) is 3.19. The lowest BCUT2D eigenvalue weighted by Gasteiger charge is -2.35. The van der Waals surface area contributed by atoms with E-state index in [2.05, 4.69) is 0 Å². The summed E-state index contributed by atoms with van der Waals surface area (Å²) >= 11 is 0. The Bertz CT molecular complexity index is 590. The highest BCUT2D eigenvalue weighted by Gasteiger charge is 2.54. The number of carbonyl (C=O) groups excluding carboxylic acids is 1. The molecule has 0 saturated carbocycles. The molecule has 6 heteroatoms. The second-order valence-corrected chi connectivity index (χ2v) is 6.74. The van der Waals surface area contributed by atoms with Gasteiger partial charge in [-0.2, -0.15) is 0 Å². The van der Waals surface area contributed by atoms with Crippen LogP contribution in [0.2, 0.25) is 0 Å². The molecule has 126 valence electrons. The van der Waals surface area contributed by atoms with E-state index in [1.54, 1.807) is 32.9 Å². The summed E-state index contributed by atoms with van der Waals surface area (Å²) in [7, 11) is 0. The molecule has 1 aliphatic heterocycles. The summed E-state index contributed by atoms with van der Waals surface area (Å²) in [6.45, 7) is 7.44. The molecule has 1 aromatic carbocycles. The first kappa shape index (κ1) is 17.1. The summed E-state index contributed by atoms with van der Waals surface area (Å²) in [6.07, 6.45) is 0.0804. The minimum Gasteiger partial charge on any atom is -0.477 e. The van der Waals surface area contributed by atoms with Gasteiger partial charge in [0, 0.05) is 13.0 Å². The van der Waals surface area contributed by atoms with Crippen LogP contribution in [0.15, 0.2) is 24.3 Å². The molecule has 0 spiro atoms. The van der Waals surface area contributed by atoms with Crippen LogP contribution in [0.4, 0.5) is 4.79 Å². The second kappa shape index (κ2) is 6.10. The molecular weight excluding hydrogens is 298 g/mol. The molecule has 1 aliphatic rings. The van der Waals surface area contributed by atoms with Gasteiger partial charge >= 0.3 is 12.1 Å². The quantitative estimate of drug-likeness (QED) is 0.925. The van der Waals surface area contributed by atoms with E-state index < -0.39 is 23.4 Å². The average molecular weight is 321 g/mol. The Kier molecular flexibility index (Phi) is 4.54. The summed E-state index contributed by atoms with van der Waals surface area (Å²) < 4.78 is 11.1. The van der Waals surface area contributed by atoms with E-state index in [0.29, 0.717) is 12.2 Å². The molecular formula is C17H23NO5. The van der Waals surface area contributed by atoms with Crippen LogP contribution in [-0.2, 0) is 9.53 Å². The molecule has 1 N–H and O–H groups in total. The van der Waals surface area contributed by atoms with Crippen molar-refractivity contribution in [2.45, 2.75) is 51.9 Å². The molecule has 23 heavy (non-hydrogen) atoms. The number of rotatable bonds is 3. The molecule has 0 aliphatic carbocycles. The van der Waals surface area contributed by atoms with Crippen molar-refractivity contribution in [2.24, 2.45) is 0 Å². The van der Waals surface area contributed by atoms with Crippen molar-refractivity contribution in [2.75, 3.05) is 6.54 Å². The van der Waals surface area contributed by atoms with E-state index in [4.69, 9.17) is 9.47 Å². The van der Waals surface area contributed by atoms with E-state index in [0.717, 1.165) is 5.56 Å².